The lowest BCUT2D eigenvalue weighted by atomic mass is 10.2. The van der Waals surface area contributed by atoms with Gasteiger partial charge in [-0.15, -0.1) is 19.6 Å². The van der Waals surface area contributed by atoms with Crippen LogP contribution in [-0.2, 0) is 0 Å². The Morgan fingerprint density at radius 1 is 0.767 bits per heavy atom. The molecule has 0 spiro atoms. The van der Waals surface area contributed by atoms with Crippen LogP contribution in [0, 0.1) is 13.8 Å². The van der Waals surface area contributed by atoms with Crippen LogP contribution in [0.3, 0.4) is 0 Å². The van der Waals surface area contributed by atoms with Crippen LogP contribution in [0.5, 0.6) is 0 Å². The first-order valence-corrected chi connectivity index (χ1v) is 8.77. The summed E-state index contributed by atoms with van der Waals surface area (Å²) in [6.07, 6.45) is 2.90. The number of hydrogen-bond donors (Lipinski definition) is 0. The Kier molecular flexibility index (Phi) is 5.49. The molecule has 2 heterocycles. The van der Waals surface area contributed by atoms with Gasteiger partial charge in [0.1, 0.15) is 0 Å². The van der Waals surface area contributed by atoms with E-state index in [9.17, 15) is 19.2 Å². The quantitative estimate of drug-likeness (QED) is 0.559. The van der Waals surface area contributed by atoms with E-state index in [0.29, 0.717) is 11.1 Å². The summed E-state index contributed by atoms with van der Waals surface area (Å²) in [5.41, 5.74) is 0.0809. The van der Waals surface area contributed by atoms with Crippen molar-refractivity contribution < 1.29 is 9.59 Å². The number of aryl methyl sites for hydroxylation is 2. The van der Waals surface area contributed by atoms with Gasteiger partial charge in [0.15, 0.2) is 11.6 Å². The normalized spacial score (nSPS) is 11.6. The lowest BCUT2D eigenvalue weighted by molar-refractivity contribution is 0.0907. The van der Waals surface area contributed by atoms with Crippen LogP contribution in [0.15, 0.2) is 44.1 Å². The molecule has 12 heteroatoms. The zero-order valence-corrected chi connectivity index (χ0v) is 16.7. The van der Waals surface area contributed by atoms with Crippen molar-refractivity contribution in [2.45, 2.75) is 27.7 Å². The van der Waals surface area contributed by atoms with E-state index < -0.39 is 23.2 Å². The highest BCUT2D eigenvalue weighted by molar-refractivity contribution is 5.84. The number of nitrogens with zero attached hydrogens (tertiary/aromatic N) is 8. The maximum absolute atomic E-state index is 12.1. The van der Waals surface area contributed by atoms with Crippen molar-refractivity contribution in [2.75, 3.05) is 0 Å². The van der Waals surface area contributed by atoms with Crippen LogP contribution in [-0.4, -0.2) is 53.2 Å². The third-order valence-electron chi connectivity index (χ3n) is 4.00. The van der Waals surface area contributed by atoms with Gasteiger partial charge in [0.05, 0.1) is 12.4 Å². The molecule has 30 heavy (non-hydrogen) atoms. The molecule has 0 saturated heterocycles. The third kappa shape index (κ3) is 3.97. The van der Waals surface area contributed by atoms with Gasteiger partial charge in [0.2, 0.25) is 11.8 Å². The van der Waals surface area contributed by atoms with Crippen LogP contribution in [0.2, 0.25) is 0 Å². The Labute approximate surface area is 169 Å². The van der Waals surface area contributed by atoms with Crippen LogP contribution in [0.1, 0.15) is 46.2 Å². The molecule has 1 aromatic carbocycles. The molecule has 0 N–H and O–H groups in total. The molecule has 0 saturated carbocycles. The highest BCUT2D eigenvalue weighted by atomic mass is 16.2. The van der Waals surface area contributed by atoms with Crippen LogP contribution in [0.25, 0.3) is 0 Å². The van der Waals surface area contributed by atoms with Gasteiger partial charge in [-0.1, -0.05) is 24.3 Å². The largest absolute Gasteiger partial charge is 0.374 e. The zero-order chi connectivity index (χ0) is 22.0. The average Bonchev–Trinajstić information content (AvgIpc) is 3.15. The number of carbonyl (C=O) groups is 2. The molecule has 0 aliphatic heterocycles. The standard InChI is InChI=1S/C18H18N8O4/c1-11-21-25(13(3)27)17(29)23(11)19-9-15-5-7-16(8-6-15)10-20-24-12(2)22-26(14(4)28)18(24)30/h5-10H,1-4H3/b19-9+,20-10+. The second-order valence-corrected chi connectivity index (χ2v) is 6.30. The number of aromatic nitrogens is 6. The summed E-state index contributed by atoms with van der Waals surface area (Å²) in [4.78, 5) is 46.9. The van der Waals surface area contributed by atoms with E-state index >= 15 is 0 Å². The van der Waals surface area contributed by atoms with Crippen LogP contribution in [0.4, 0.5) is 0 Å². The summed E-state index contributed by atoms with van der Waals surface area (Å²) in [6.45, 7) is 5.61. The first-order chi connectivity index (χ1) is 14.2. The van der Waals surface area contributed by atoms with Gasteiger partial charge in [-0.3, -0.25) is 9.59 Å². The summed E-state index contributed by atoms with van der Waals surface area (Å²) < 4.78 is 3.53. The smallest absolute Gasteiger partial charge is 0.273 e. The maximum atomic E-state index is 12.1. The summed E-state index contributed by atoms with van der Waals surface area (Å²) in [7, 11) is 0. The Bertz CT molecular complexity index is 1200. The van der Waals surface area contributed by atoms with Gasteiger partial charge in [0, 0.05) is 13.8 Å². The van der Waals surface area contributed by atoms with Gasteiger partial charge in [-0.25, -0.2) is 9.59 Å². The molecule has 0 bridgehead atoms. The summed E-state index contributed by atoms with van der Waals surface area (Å²) in [5.74, 6) is -0.433. The topological polar surface area (TPSA) is 138 Å². The molecule has 2 aromatic heterocycles. The number of hydrogen-bond acceptors (Lipinski definition) is 8. The van der Waals surface area contributed by atoms with Gasteiger partial charge in [-0.2, -0.15) is 19.6 Å². The summed E-state index contributed by atoms with van der Waals surface area (Å²) in [6, 6.07) is 6.93. The minimum atomic E-state index is -0.646. The molecule has 0 unspecified atom stereocenters. The van der Waals surface area contributed by atoms with Crippen molar-refractivity contribution >= 4 is 24.2 Å². The predicted octanol–water partition coefficient (Wildman–Crippen LogP) is 0.104. The van der Waals surface area contributed by atoms with E-state index in [-0.39, 0.29) is 11.6 Å². The molecular weight excluding hydrogens is 392 g/mol. The van der Waals surface area contributed by atoms with Crippen molar-refractivity contribution in [1.29, 1.82) is 0 Å². The molecule has 0 fully saturated rings. The van der Waals surface area contributed by atoms with Crippen molar-refractivity contribution in [3.63, 3.8) is 0 Å². The highest BCUT2D eigenvalue weighted by Gasteiger charge is 2.12. The fourth-order valence-electron chi connectivity index (χ4n) is 2.51. The summed E-state index contributed by atoms with van der Waals surface area (Å²) in [5, 5.41) is 15.8. The van der Waals surface area contributed by atoms with Gasteiger partial charge >= 0.3 is 11.4 Å². The van der Waals surface area contributed by atoms with Gasteiger partial charge < -0.3 is 0 Å². The molecule has 154 valence electrons. The molecule has 3 rings (SSSR count). The van der Waals surface area contributed by atoms with E-state index in [1.54, 1.807) is 38.1 Å². The molecule has 0 atom stereocenters. The highest BCUT2D eigenvalue weighted by Crippen LogP contribution is 2.02. The molecule has 0 amide bonds. The molecular formula is C18H18N8O4. The van der Waals surface area contributed by atoms with E-state index in [4.69, 9.17) is 0 Å². The Morgan fingerprint density at radius 2 is 1.10 bits per heavy atom. The summed E-state index contributed by atoms with van der Waals surface area (Å²) >= 11 is 0. The van der Waals surface area contributed by atoms with Crippen molar-refractivity contribution in [2.24, 2.45) is 10.2 Å². The fourth-order valence-corrected chi connectivity index (χ4v) is 2.51. The van der Waals surface area contributed by atoms with E-state index in [0.717, 1.165) is 18.7 Å². The second kappa shape index (κ2) is 8.03. The van der Waals surface area contributed by atoms with Crippen molar-refractivity contribution in [1.82, 2.24) is 28.9 Å². The van der Waals surface area contributed by atoms with E-state index in [1.165, 1.54) is 26.3 Å². The molecule has 0 aliphatic rings. The van der Waals surface area contributed by atoms with E-state index in [2.05, 4.69) is 20.4 Å². The van der Waals surface area contributed by atoms with Crippen LogP contribution < -0.4 is 11.4 Å². The first kappa shape index (κ1) is 20.5. The first-order valence-electron chi connectivity index (χ1n) is 8.77. The molecule has 12 nitrogen and oxygen atoms in total. The van der Waals surface area contributed by atoms with E-state index in [1.807, 2.05) is 0 Å². The SMILES string of the molecule is CC(=O)n1nc(C)n(/N=C/c2ccc(/C=N/n3c(C)nn(C(C)=O)c3=O)cc2)c1=O. The minimum Gasteiger partial charge on any atom is -0.273 e. The zero-order valence-electron chi connectivity index (χ0n) is 16.7. The Morgan fingerprint density at radius 3 is 1.37 bits per heavy atom. The van der Waals surface area contributed by atoms with Gasteiger partial charge in [-0.05, 0) is 25.0 Å². The average molecular weight is 410 g/mol. The van der Waals surface area contributed by atoms with Crippen molar-refractivity contribution in [3.8, 4) is 0 Å². The number of benzene rings is 1. The van der Waals surface area contributed by atoms with Crippen LogP contribution >= 0.6 is 0 Å². The lowest BCUT2D eigenvalue weighted by Crippen LogP contribution is -2.27. The predicted molar refractivity (Wildman–Crippen MR) is 107 cm³/mol. The minimum absolute atomic E-state index is 0.280. The van der Waals surface area contributed by atoms with Crippen molar-refractivity contribution in [3.05, 3.63) is 68.0 Å². The monoisotopic (exact) mass is 410 g/mol. The molecule has 0 radical (unpaired) electrons. The number of carbonyl (C=O) groups excluding carboxylic acids is 2. The Hall–Kier alpha value is -4.22. The fraction of sp³-hybridized carbons (Fsp3) is 0.222. The lowest BCUT2D eigenvalue weighted by Gasteiger charge is -1.97. The second-order valence-electron chi connectivity index (χ2n) is 6.30. The maximum Gasteiger partial charge on any atom is 0.374 e. The Balaban J connectivity index is 1.80. The number of rotatable bonds is 4. The third-order valence-corrected chi connectivity index (χ3v) is 4.00. The molecule has 3 aromatic rings. The molecule has 0 aliphatic carbocycles. The van der Waals surface area contributed by atoms with Gasteiger partial charge in [0.25, 0.3) is 0 Å².